The second kappa shape index (κ2) is 6.70. The van der Waals surface area contributed by atoms with E-state index in [4.69, 9.17) is 4.74 Å². The molecule has 0 saturated carbocycles. The van der Waals surface area contributed by atoms with Gasteiger partial charge in [0.05, 0.1) is 11.0 Å². The number of rotatable bonds is 4. The smallest absolute Gasteiger partial charge is 0.175 e. The molecular formula is C20H20N2O3S. The van der Waals surface area contributed by atoms with Crippen molar-refractivity contribution in [1.29, 1.82) is 0 Å². The minimum atomic E-state index is -3.21. The van der Waals surface area contributed by atoms with E-state index in [0.717, 1.165) is 47.3 Å². The van der Waals surface area contributed by atoms with Crippen LogP contribution < -0.4 is 0 Å². The van der Waals surface area contributed by atoms with Crippen molar-refractivity contribution in [2.45, 2.75) is 23.8 Å². The van der Waals surface area contributed by atoms with Gasteiger partial charge in [-0.25, -0.2) is 13.4 Å². The molecule has 0 aliphatic carbocycles. The number of pyridine rings is 1. The van der Waals surface area contributed by atoms with Crippen LogP contribution in [0.15, 0.2) is 59.6 Å². The Labute approximate surface area is 152 Å². The highest BCUT2D eigenvalue weighted by Crippen LogP contribution is 2.29. The molecule has 0 bridgehead atoms. The van der Waals surface area contributed by atoms with Crippen LogP contribution in [0.3, 0.4) is 0 Å². The maximum Gasteiger partial charge on any atom is 0.175 e. The van der Waals surface area contributed by atoms with Crippen molar-refractivity contribution in [3.05, 3.63) is 66.0 Å². The van der Waals surface area contributed by atoms with E-state index in [9.17, 15) is 8.42 Å². The van der Waals surface area contributed by atoms with Crippen LogP contribution in [0.25, 0.3) is 16.6 Å². The molecule has 1 aliphatic heterocycles. The van der Waals surface area contributed by atoms with Crippen molar-refractivity contribution in [3.8, 4) is 0 Å². The van der Waals surface area contributed by atoms with Crippen molar-refractivity contribution in [2.75, 3.05) is 12.9 Å². The molecule has 1 atom stereocenters. The van der Waals surface area contributed by atoms with Crippen LogP contribution in [0.2, 0.25) is 0 Å². The zero-order chi connectivity index (χ0) is 18.1. The first kappa shape index (κ1) is 17.0. The lowest BCUT2D eigenvalue weighted by Crippen LogP contribution is -2.03. The molecule has 3 aromatic rings. The number of hydrogen-bond donors (Lipinski definition) is 1. The number of nitrogens with zero attached hydrogens (tertiary/aromatic N) is 1. The van der Waals surface area contributed by atoms with Gasteiger partial charge in [0.25, 0.3) is 0 Å². The minimum Gasteiger partial charge on any atom is -0.374 e. The largest absolute Gasteiger partial charge is 0.374 e. The summed E-state index contributed by atoms with van der Waals surface area (Å²) in [5.41, 5.74) is 3.71. The molecule has 1 fully saturated rings. The summed E-state index contributed by atoms with van der Waals surface area (Å²) >= 11 is 0. The summed E-state index contributed by atoms with van der Waals surface area (Å²) in [5.74, 6) is 0. The van der Waals surface area contributed by atoms with Gasteiger partial charge in [-0.15, -0.1) is 0 Å². The van der Waals surface area contributed by atoms with E-state index in [1.165, 1.54) is 6.26 Å². The summed E-state index contributed by atoms with van der Waals surface area (Å²) in [6.07, 6.45) is 7.20. The first-order valence-electron chi connectivity index (χ1n) is 8.59. The summed E-state index contributed by atoms with van der Waals surface area (Å²) in [6, 6.07) is 13.0. The molecule has 1 N–H and O–H groups in total. The SMILES string of the molecule is CS(=O)(=O)c1ccc(C(=CC2CCCO2)c2cc3cccnc3[nH]2)cc1. The minimum absolute atomic E-state index is 0.0685. The lowest BCUT2D eigenvalue weighted by molar-refractivity contribution is 0.146. The number of aromatic nitrogens is 2. The number of nitrogens with one attached hydrogen (secondary N) is 1. The molecule has 4 rings (SSSR count). The summed E-state index contributed by atoms with van der Waals surface area (Å²) in [4.78, 5) is 8.04. The molecule has 3 heterocycles. The number of hydrogen-bond acceptors (Lipinski definition) is 4. The van der Waals surface area contributed by atoms with Crippen molar-refractivity contribution in [2.24, 2.45) is 0 Å². The van der Waals surface area contributed by atoms with E-state index in [2.05, 4.69) is 22.1 Å². The van der Waals surface area contributed by atoms with Crippen LogP contribution in [-0.4, -0.2) is 37.4 Å². The standard InChI is InChI=1S/C20H20N2O3S/c1-26(23,24)17-8-6-14(7-9-17)18(13-16-5-3-11-25-16)19-12-15-4-2-10-21-20(15)22-19/h2,4,6-10,12-13,16H,3,5,11H2,1H3,(H,21,22). The Morgan fingerprint density at radius 3 is 2.73 bits per heavy atom. The molecule has 5 nitrogen and oxygen atoms in total. The molecule has 26 heavy (non-hydrogen) atoms. The van der Waals surface area contributed by atoms with Crippen LogP contribution in [0, 0.1) is 0 Å². The van der Waals surface area contributed by atoms with Crippen LogP contribution in [0.1, 0.15) is 24.1 Å². The van der Waals surface area contributed by atoms with Crippen molar-refractivity contribution in [1.82, 2.24) is 9.97 Å². The summed E-state index contributed by atoms with van der Waals surface area (Å²) in [6.45, 7) is 0.774. The number of benzene rings is 1. The fourth-order valence-electron chi connectivity index (χ4n) is 3.25. The highest BCUT2D eigenvalue weighted by atomic mass is 32.2. The Balaban J connectivity index is 1.80. The Morgan fingerprint density at radius 2 is 2.08 bits per heavy atom. The zero-order valence-electron chi connectivity index (χ0n) is 14.5. The van der Waals surface area contributed by atoms with Gasteiger partial charge in [-0.2, -0.15) is 0 Å². The highest BCUT2D eigenvalue weighted by Gasteiger charge is 2.17. The summed E-state index contributed by atoms with van der Waals surface area (Å²) in [7, 11) is -3.21. The Kier molecular flexibility index (Phi) is 4.38. The summed E-state index contributed by atoms with van der Waals surface area (Å²) in [5, 5.41) is 1.04. The molecule has 6 heteroatoms. The van der Waals surface area contributed by atoms with Crippen molar-refractivity contribution >= 4 is 26.4 Å². The third-order valence-corrected chi connectivity index (χ3v) is 5.72. The monoisotopic (exact) mass is 368 g/mol. The number of sulfone groups is 1. The molecule has 1 aromatic carbocycles. The van der Waals surface area contributed by atoms with Gasteiger partial charge in [-0.3, -0.25) is 0 Å². The van der Waals surface area contributed by atoms with E-state index in [1.807, 2.05) is 24.3 Å². The van der Waals surface area contributed by atoms with Gasteiger partial charge in [0.1, 0.15) is 5.65 Å². The fraction of sp³-hybridized carbons (Fsp3) is 0.250. The van der Waals surface area contributed by atoms with Crippen molar-refractivity contribution in [3.63, 3.8) is 0 Å². The molecule has 134 valence electrons. The lowest BCUT2D eigenvalue weighted by Gasteiger charge is -2.11. The van der Waals surface area contributed by atoms with Gasteiger partial charge >= 0.3 is 0 Å². The summed E-state index contributed by atoms with van der Waals surface area (Å²) < 4.78 is 29.2. The van der Waals surface area contributed by atoms with Crippen LogP contribution in [0.4, 0.5) is 0 Å². The Hall–Kier alpha value is -2.44. The maximum atomic E-state index is 11.7. The molecule has 1 aliphatic rings. The maximum absolute atomic E-state index is 11.7. The van der Waals surface area contributed by atoms with Gasteiger partial charge < -0.3 is 9.72 Å². The van der Waals surface area contributed by atoms with Gasteiger partial charge in [-0.1, -0.05) is 12.1 Å². The third-order valence-electron chi connectivity index (χ3n) is 4.59. The number of H-pyrrole nitrogens is 1. The van der Waals surface area contributed by atoms with Crippen LogP contribution in [-0.2, 0) is 14.6 Å². The number of fused-ring (bicyclic) bond motifs is 1. The average Bonchev–Trinajstić information content (AvgIpc) is 3.28. The molecule has 2 aromatic heterocycles. The fourth-order valence-corrected chi connectivity index (χ4v) is 3.88. The lowest BCUT2D eigenvalue weighted by atomic mass is 10.00. The molecule has 0 radical (unpaired) electrons. The van der Waals surface area contributed by atoms with E-state index >= 15 is 0 Å². The second-order valence-corrected chi connectivity index (χ2v) is 8.57. The van der Waals surface area contributed by atoms with Crippen molar-refractivity contribution < 1.29 is 13.2 Å². The number of ether oxygens (including phenoxy) is 1. The third kappa shape index (κ3) is 3.43. The van der Waals surface area contributed by atoms with E-state index in [1.54, 1.807) is 18.3 Å². The van der Waals surface area contributed by atoms with Crippen LogP contribution >= 0.6 is 0 Å². The van der Waals surface area contributed by atoms with Gasteiger partial charge in [-0.05, 0) is 54.8 Å². The second-order valence-electron chi connectivity index (χ2n) is 6.55. The molecule has 0 spiro atoms. The predicted octanol–water partition coefficient (Wildman–Crippen LogP) is 3.58. The highest BCUT2D eigenvalue weighted by molar-refractivity contribution is 7.90. The number of aromatic amines is 1. The first-order valence-corrected chi connectivity index (χ1v) is 10.5. The normalized spacial score (nSPS) is 18.5. The molecule has 0 amide bonds. The molecular weight excluding hydrogens is 348 g/mol. The Morgan fingerprint density at radius 1 is 1.27 bits per heavy atom. The van der Waals surface area contributed by atoms with E-state index in [0.29, 0.717) is 4.90 Å². The zero-order valence-corrected chi connectivity index (χ0v) is 15.3. The van der Waals surface area contributed by atoms with E-state index < -0.39 is 9.84 Å². The average molecular weight is 368 g/mol. The predicted molar refractivity (Wildman–Crippen MR) is 102 cm³/mol. The first-order chi connectivity index (χ1) is 12.5. The van der Waals surface area contributed by atoms with Crippen LogP contribution in [0.5, 0.6) is 0 Å². The Bertz CT molecular complexity index is 1030. The topological polar surface area (TPSA) is 72.1 Å². The molecule has 1 saturated heterocycles. The molecule has 1 unspecified atom stereocenters. The quantitative estimate of drug-likeness (QED) is 0.764. The van der Waals surface area contributed by atoms with E-state index in [-0.39, 0.29) is 6.10 Å². The van der Waals surface area contributed by atoms with Gasteiger partial charge in [0.2, 0.25) is 0 Å². The van der Waals surface area contributed by atoms with Gasteiger partial charge in [0, 0.05) is 35.7 Å². The van der Waals surface area contributed by atoms with Gasteiger partial charge in [0.15, 0.2) is 9.84 Å².